The minimum absolute atomic E-state index is 0.197. The lowest BCUT2D eigenvalue weighted by Crippen LogP contribution is -2.32. The molecule has 11 heteroatoms. The Hall–Kier alpha value is -3.51. The van der Waals surface area contributed by atoms with Gasteiger partial charge in [-0.25, -0.2) is 4.90 Å². The molecule has 1 saturated heterocycles. The molecule has 3 aromatic carbocycles. The van der Waals surface area contributed by atoms with Crippen LogP contribution in [0.25, 0.3) is 10.8 Å². The molecule has 1 fully saturated rings. The average molecular weight is 663 g/mol. The number of thiophene rings is 1. The molecule has 41 heavy (non-hydrogen) atoms. The second-order valence-electron chi connectivity index (χ2n) is 9.78. The Bertz CT molecular complexity index is 1900. The van der Waals surface area contributed by atoms with Gasteiger partial charge in [0.05, 0.1) is 16.6 Å². The number of nitrogens with zero attached hydrogens (tertiary/aromatic N) is 2. The van der Waals surface area contributed by atoms with Crippen LogP contribution in [0.15, 0.2) is 98.5 Å². The number of benzene rings is 3. The van der Waals surface area contributed by atoms with Gasteiger partial charge in [0.1, 0.15) is 11.8 Å². The summed E-state index contributed by atoms with van der Waals surface area (Å²) in [6, 6.07) is 24.4. The zero-order valence-electron chi connectivity index (χ0n) is 21.2. The van der Waals surface area contributed by atoms with Gasteiger partial charge < -0.3 is 5.32 Å². The van der Waals surface area contributed by atoms with Crippen molar-refractivity contribution in [2.75, 3.05) is 10.2 Å². The number of aromatic nitrogens is 1. The standard InChI is InChI=1S/C30H20BrN3O4S3/c31-18-8-11-20(12-9-18)34-27(36)24-23(21-6-3-13-39-21)26-29(40-25(24)28(34)37)33(30(38)41-26)15-22(35)32-19-10-7-16-4-1-2-5-17(16)14-19/h1-14,23-25H,15H2,(H,32,35). The maximum Gasteiger partial charge on any atom is 0.308 e. The van der Waals surface area contributed by atoms with E-state index in [-0.39, 0.29) is 29.1 Å². The van der Waals surface area contributed by atoms with Gasteiger partial charge in [0, 0.05) is 25.8 Å². The number of amides is 3. The number of hydrogen-bond acceptors (Lipinski definition) is 7. The first-order valence-electron chi connectivity index (χ1n) is 12.7. The number of halogens is 1. The van der Waals surface area contributed by atoms with E-state index in [0.29, 0.717) is 16.4 Å². The van der Waals surface area contributed by atoms with Crippen LogP contribution in [-0.4, -0.2) is 27.5 Å². The van der Waals surface area contributed by atoms with Gasteiger partial charge in [-0.1, -0.05) is 75.4 Å². The largest absolute Gasteiger partial charge is 0.325 e. The molecule has 4 heterocycles. The highest BCUT2D eigenvalue weighted by Gasteiger charge is 2.57. The molecule has 3 atom stereocenters. The summed E-state index contributed by atoms with van der Waals surface area (Å²) in [5.74, 6) is -2.04. The molecule has 3 unspecified atom stereocenters. The Morgan fingerprint density at radius 2 is 1.68 bits per heavy atom. The molecule has 5 aromatic rings. The third-order valence-electron chi connectivity index (χ3n) is 7.32. The highest BCUT2D eigenvalue weighted by Crippen LogP contribution is 2.54. The van der Waals surface area contributed by atoms with Crippen LogP contribution in [0.4, 0.5) is 11.4 Å². The maximum atomic E-state index is 13.9. The number of rotatable bonds is 5. The summed E-state index contributed by atoms with van der Waals surface area (Å²) in [5.41, 5.74) is 1.15. The van der Waals surface area contributed by atoms with Gasteiger partial charge in [0.15, 0.2) is 0 Å². The molecule has 0 radical (unpaired) electrons. The average Bonchev–Trinajstić information content (AvgIpc) is 3.66. The van der Waals surface area contributed by atoms with Crippen LogP contribution >= 0.6 is 50.4 Å². The predicted molar refractivity (Wildman–Crippen MR) is 167 cm³/mol. The number of anilines is 2. The van der Waals surface area contributed by atoms with Gasteiger partial charge >= 0.3 is 4.87 Å². The Labute approximate surface area is 254 Å². The molecule has 0 saturated carbocycles. The third kappa shape index (κ3) is 4.57. The smallest absolute Gasteiger partial charge is 0.308 e. The first kappa shape index (κ1) is 26.4. The monoisotopic (exact) mass is 661 g/mol. The molecular formula is C30H20BrN3O4S3. The number of fused-ring (bicyclic) bond motifs is 3. The number of carbonyl (C=O) groups is 3. The minimum Gasteiger partial charge on any atom is -0.325 e. The van der Waals surface area contributed by atoms with Crippen LogP contribution in [0.2, 0.25) is 0 Å². The highest BCUT2D eigenvalue weighted by atomic mass is 79.9. The summed E-state index contributed by atoms with van der Waals surface area (Å²) >= 11 is 7.17. The summed E-state index contributed by atoms with van der Waals surface area (Å²) in [4.78, 5) is 56.7. The van der Waals surface area contributed by atoms with Crippen molar-refractivity contribution in [3.8, 4) is 0 Å². The number of imide groups is 1. The van der Waals surface area contributed by atoms with Gasteiger partial charge in [0.2, 0.25) is 17.7 Å². The van der Waals surface area contributed by atoms with E-state index in [1.54, 1.807) is 24.3 Å². The molecule has 0 aliphatic carbocycles. The molecule has 3 amide bonds. The fourth-order valence-corrected chi connectivity index (χ4v) is 9.47. The second-order valence-corrected chi connectivity index (χ2v) is 13.8. The van der Waals surface area contributed by atoms with Crippen molar-refractivity contribution in [2.45, 2.75) is 22.7 Å². The number of thioether (sulfide) groups is 1. The number of nitrogens with one attached hydrogen (secondary N) is 1. The fourth-order valence-electron chi connectivity index (χ4n) is 5.49. The second kappa shape index (κ2) is 10.4. The Kier molecular flexibility index (Phi) is 6.69. The quantitative estimate of drug-likeness (QED) is 0.223. The summed E-state index contributed by atoms with van der Waals surface area (Å²) in [6.45, 7) is -0.197. The van der Waals surface area contributed by atoms with E-state index in [9.17, 15) is 19.2 Å². The van der Waals surface area contributed by atoms with Crippen LogP contribution in [0.3, 0.4) is 0 Å². The van der Waals surface area contributed by atoms with Crippen LogP contribution in [0.1, 0.15) is 15.7 Å². The predicted octanol–water partition coefficient (Wildman–Crippen LogP) is 6.32. The van der Waals surface area contributed by atoms with Crippen molar-refractivity contribution in [1.29, 1.82) is 0 Å². The lowest BCUT2D eigenvalue weighted by atomic mass is 9.87. The van der Waals surface area contributed by atoms with Crippen LogP contribution in [-0.2, 0) is 20.9 Å². The SMILES string of the molecule is O=C(Cn1c2c(sc1=O)C(c1cccs1)C1C(=O)N(c3ccc(Br)cc3)C(=O)C1S2)Nc1ccc2ccccc2c1. The Morgan fingerprint density at radius 3 is 2.44 bits per heavy atom. The van der Waals surface area contributed by atoms with E-state index < -0.39 is 17.1 Å². The van der Waals surface area contributed by atoms with Gasteiger partial charge in [0.25, 0.3) is 0 Å². The van der Waals surface area contributed by atoms with Crippen LogP contribution in [0.5, 0.6) is 0 Å². The summed E-state index contributed by atoms with van der Waals surface area (Å²) in [5, 5.41) is 6.75. The van der Waals surface area contributed by atoms with E-state index in [1.807, 2.05) is 60.0 Å². The molecular weight excluding hydrogens is 642 g/mol. The summed E-state index contributed by atoms with van der Waals surface area (Å²) < 4.78 is 2.29. The van der Waals surface area contributed by atoms with Crippen molar-refractivity contribution in [3.63, 3.8) is 0 Å². The van der Waals surface area contributed by atoms with Crippen molar-refractivity contribution < 1.29 is 14.4 Å². The van der Waals surface area contributed by atoms with Gasteiger partial charge in [-0.2, -0.15) is 0 Å². The van der Waals surface area contributed by atoms with Gasteiger partial charge in [-0.15, -0.1) is 11.3 Å². The lowest BCUT2D eigenvalue weighted by Gasteiger charge is -2.29. The van der Waals surface area contributed by atoms with Crippen LogP contribution < -0.4 is 15.1 Å². The number of hydrogen-bond donors (Lipinski definition) is 1. The Balaban J connectivity index is 1.23. The van der Waals surface area contributed by atoms with E-state index >= 15 is 0 Å². The third-order valence-corrected chi connectivity index (χ3v) is 11.4. The topological polar surface area (TPSA) is 88.5 Å². The van der Waals surface area contributed by atoms with E-state index in [1.165, 1.54) is 32.6 Å². The molecule has 2 aliphatic rings. The minimum atomic E-state index is -0.713. The maximum absolute atomic E-state index is 13.9. The number of thiazole rings is 1. The lowest BCUT2D eigenvalue weighted by molar-refractivity contribution is -0.122. The van der Waals surface area contributed by atoms with E-state index in [4.69, 9.17) is 0 Å². The first-order valence-corrected chi connectivity index (χ1v) is 16.1. The molecule has 7 rings (SSSR count). The summed E-state index contributed by atoms with van der Waals surface area (Å²) in [7, 11) is 0. The van der Waals surface area contributed by atoms with Crippen LogP contribution in [0, 0.1) is 5.92 Å². The summed E-state index contributed by atoms with van der Waals surface area (Å²) in [6.07, 6.45) is 0. The first-order chi connectivity index (χ1) is 19.9. The molecule has 1 N–H and O–H groups in total. The van der Waals surface area contributed by atoms with Crippen molar-refractivity contribution >= 4 is 90.2 Å². The highest BCUT2D eigenvalue weighted by molar-refractivity contribution is 9.10. The van der Waals surface area contributed by atoms with Crippen molar-refractivity contribution in [3.05, 3.63) is 108 Å². The molecule has 2 aliphatic heterocycles. The molecule has 204 valence electrons. The van der Waals surface area contributed by atoms with E-state index in [2.05, 4.69) is 21.2 Å². The van der Waals surface area contributed by atoms with Crippen molar-refractivity contribution in [2.24, 2.45) is 5.92 Å². The fraction of sp³-hybridized carbons (Fsp3) is 0.133. The van der Waals surface area contributed by atoms with Crippen molar-refractivity contribution in [1.82, 2.24) is 4.57 Å². The molecule has 0 spiro atoms. The zero-order chi connectivity index (χ0) is 28.2. The molecule has 0 bridgehead atoms. The normalized spacial score (nSPS) is 19.8. The van der Waals surface area contributed by atoms with E-state index in [0.717, 1.165) is 36.3 Å². The molecule has 7 nitrogen and oxygen atoms in total. The Morgan fingerprint density at radius 1 is 0.902 bits per heavy atom. The van der Waals surface area contributed by atoms with Gasteiger partial charge in [-0.05, 0) is 58.6 Å². The number of carbonyl (C=O) groups excluding carboxylic acids is 3. The zero-order valence-corrected chi connectivity index (χ0v) is 25.2. The molecule has 2 aromatic heterocycles. The van der Waals surface area contributed by atoms with Gasteiger partial charge in [-0.3, -0.25) is 23.7 Å².